The van der Waals surface area contributed by atoms with Gasteiger partial charge in [0, 0.05) is 34.6 Å². The smallest absolute Gasteiger partial charge is 0.133 e. The van der Waals surface area contributed by atoms with Crippen molar-refractivity contribution in [2.45, 2.75) is 38.0 Å². The molecule has 0 radical (unpaired) electrons. The van der Waals surface area contributed by atoms with E-state index in [1.54, 1.807) is 6.07 Å². The number of aromatic nitrogens is 2. The number of halogens is 2. The third-order valence-electron chi connectivity index (χ3n) is 5.26. The first kappa shape index (κ1) is 17.2. The Morgan fingerprint density at radius 2 is 1.92 bits per heavy atom. The van der Waals surface area contributed by atoms with Gasteiger partial charge in [0.05, 0.1) is 11.4 Å². The van der Waals surface area contributed by atoms with Crippen LogP contribution in [0.25, 0.3) is 5.69 Å². The van der Waals surface area contributed by atoms with Crippen LogP contribution in [0.2, 0.25) is 10.0 Å². The summed E-state index contributed by atoms with van der Waals surface area (Å²) in [6.45, 7) is 3.25. The minimum absolute atomic E-state index is 0.503. The van der Waals surface area contributed by atoms with Gasteiger partial charge >= 0.3 is 0 Å². The number of fused-ring (bicyclic) bond motifs is 1. The van der Waals surface area contributed by atoms with Gasteiger partial charge in [0.25, 0.3) is 0 Å². The Balaban J connectivity index is 1.81. The summed E-state index contributed by atoms with van der Waals surface area (Å²) in [6, 6.07) is 5.63. The first-order valence-electron chi connectivity index (χ1n) is 9.12. The number of hydrogen-bond donors (Lipinski definition) is 1. The fourth-order valence-corrected chi connectivity index (χ4v) is 4.61. The quantitative estimate of drug-likeness (QED) is 0.819. The van der Waals surface area contributed by atoms with Crippen LogP contribution >= 0.6 is 23.2 Å². The highest BCUT2D eigenvalue weighted by Crippen LogP contribution is 2.36. The van der Waals surface area contributed by atoms with Gasteiger partial charge in [0.15, 0.2) is 0 Å². The number of nitrogens with one attached hydrogen (secondary N) is 1. The summed E-state index contributed by atoms with van der Waals surface area (Å²) in [7, 11) is 2.21. The van der Waals surface area contributed by atoms with Crippen molar-refractivity contribution in [3.8, 4) is 5.69 Å². The summed E-state index contributed by atoms with van der Waals surface area (Å²) in [5.74, 6) is 1.63. The van der Waals surface area contributed by atoms with E-state index < -0.39 is 0 Å². The standard InChI is InChI=1S/C19H24Cl2N4/c1-24-8-4-5-13(12-24)18-17-6-2-3-7-22-19(17)25(23-18)16-10-14(20)9-15(21)11-16/h9-11,13,22H,2-8,12H2,1H3. The van der Waals surface area contributed by atoms with Crippen LogP contribution in [0.5, 0.6) is 0 Å². The molecule has 134 valence electrons. The van der Waals surface area contributed by atoms with E-state index >= 15 is 0 Å². The average Bonchev–Trinajstić information content (AvgIpc) is 2.76. The van der Waals surface area contributed by atoms with Crippen LogP contribution in [-0.4, -0.2) is 41.4 Å². The summed E-state index contributed by atoms with van der Waals surface area (Å²) in [4.78, 5) is 2.42. The number of likely N-dealkylation sites (N-methyl/N-ethyl adjacent to an activating group) is 1. The predicted octanol–water partition coefficient (Wildman–Crippen LogP) is 4.74. The summed E-state index contributed by atoms with van der Waals surface area (Å²) >= 11 is 12.5. The van der Waals surface area contributed by atoms with Crippen LogP contribution in [0, 0.1) is 0 Å². The number of hydrogen-bond acceptors (Lipinski definition) is 3. The second kappa shape index (κ2) is 7.18. The SMILES string of the molecule is CN1CCCC(c2nn(-c3cc(Cl)cc(Cl)c3)c3c2CCCCN3)C1. The molecular weight excluding hydrogens is 355 g/mol. The largest absolute Gasteiger partial charge is 0.370 e. The maximum Gasteiger partial charge on any atom is 0.133 e. The van der Waals surface area contributed by atoms with Gasteiger partial charge in [-0.25, -0.2) is 4.68 Å². The lowest BCUT2D eigenvalue weighted by molar-refractivity contribution is 0.247. The molecule has 4 rings (SSSR count). The highest BCUT2D eigenvalue weighted by atomic mass is 35.5. The van der Waals surface area contributed by atoms with Crippen molar-refractivity contribution in [3.63, 3.8) is 0 Å². The number of rotatable bonds is 2. The second-order valence-electron chi connectivity index (χ2n) is 7.24. The molecule has 0 bridgehead atoms. The fraction of sp³-hybridized carbons (Fsp3) is 0.526. The van der Waals surface area contributed by atoms with Crippen molar-refractivity contribution < 1.29 is 0 Å². The maximum atomic E-state index is 6.24. The summed E-state index contributed by atoms with van der Waals surface area (Å²) in [5, 5.41) is 9.93. The zero-order chi connectivity index (χ0) is 17.4. The molecule has 1 unspecified atom stereocenters. The molecule has 2 aliphatic heterocycles. The second-order valence-corrected chi connectivity index (χ2v) is 8.11. The summed E-state index contributed by atoms with van der Waals surface area (Å²) in [5.41, 5.74) is 3.57. The average molecular weight is 379 g/mol. The van der Waals surface area contributed by atoms with Crippen LogP contribution in [-0.2, 0) is 6.42 Å². The minimum Gasteiger partial charge on any atom is -0.370 e. The molecule has 1 saturated heterocycles. The lowest BCUT2D eigenvalue weighted by atomic mass is 9.91. The van der Waals surface area contributed by atoms with Gasteiger partial charge < -0.3 is 10.2 Å². The van der Waals surface area contributed by atoms with E-state index in [0.29, 0.717) is 16.0 Å². The van der Waals surface area contributed by atoms with Gasteiger partial charge in [0.2, 0.25) is 0 Å². The molecule has 1 aromatic heterocycles. The Bertz CT molecular complexity index is 751. The molecule has 1 fully saturated rings. The molecule has 3 heterocycles. The minimum atomic E-state index is 0.503. The predicted molar refractivity (Wildman–Crippen MR) is 104 cm³/mol. The zero-order valence-electron chi connectivity index (χ0n) is 14.6. The van der Waals surface area contributed by atoms with Gasteiger partial charge in [-0.2, -0.15) is 5.10 Å². The highest BCUT2D eigenvalue weighted by molar-refractivity contribution is 6.34. The summed E-state index contributed by atoms with van der Waals surface area (Å²) < 4.78 is 2.02. The van der Waals surface area contributed by atoms with Crippen LogP contribution in [0.15, 0.2) is 18.2 Å². The van der Waals surface area contributed by atoms with Crippen molar-refractivity contribution in [2.24, 2.45) is 0 Å². The van der Waals surface area contributed by atoms with E-state index in [1.165, 1.54) is 43.5 Å². The van der Waals surface area contributed by atoms with Gasteiger partial charge in [-0.15, -0.1) is 0 Å². The Labute approximate surface area is 159 Å². The molecule has 6 heteroatoms. The Morgan fingerprint density at radius 1 is 1.12 bits per heavy atom. The first-order valence-corrected chi connectivity index (χ1v) is 9.88. The van der Waals surface area contributed by atoms with Crippen LogP contribution in [0.1, 0.15) is 42.9 Å². The van der Waals surface area contributed by atoms with Gasteiger partial charge in [-0.1, -0.05) is 23.2 Å². The maximum absolute atomic E-state index is 6.24. The lowest BCUT2D eigenvalue weighted by Gasteiger charge is -2.29. The molecule has 0 spiro atoms. The van der Waals surface area contributed by atoms with E-state index in [1.807, 2.05) is 16.8 Å². The number of benzene rings is 1. The topological polar surface area (TPSA) is 33.1 Å². The lowest BCUT2D eigenvalue weighted by Crippen LogP contribution is -2.31. The number of piperidine rings is 1. The molecule has 1 N–H and O–H groups in total. The van der Waals surface area contributed by atoms with Crippen LogP contribution < -0.4 is 5.32 Å². The molecule has 1 atom stereocenters. The fourth-order valence-electron chi connectivity index (χ4n) is 4.09. The van der Waals surface area contributed by atoms with E-state index in [-0.39, 0.29) is 0 Å². The molecule has 4 nitrogen and oxygen atoms in total. The third kappa shape index (κ3) is 3.53. The van der Waals surface area contributed by atoms with Crippen molar-refractivity contribution in [2.75, 3.05) is 32.0 Å². The van der Waals surface area contributed by atoms with Crippen molar-refractivity contribution in [1.82, 2.24) is 14.7 Å². The van der Waals surface area contributed by atoms with Crippen molar-refractivity contribution >= 4 is 29.0 Å². The molecule has 0 amide bonds. The zero-order valence-corrected chi connectivity index (χ0v) is 16.1. The Hall–Kier alpha value is -1.23. The van der Waals surface area contributed by atoms with Crippen molar-refractivity contribution in [3.05, 3.63) is 39.5 Å². The van der Waals surface area contributed by atoms with Gasteiger partial charge in [0.1, 0.15) is 5.82 Å². The summed E-state index contributed by atoms with van der Waals surface area (Å²) in [6.07, 6.45) is 5.93. The molecule has 25 heavy (non-hydrogen) atoms. The highest BCUT2D eigenvalue weighted by Gasteiger charge is 2.28. The van der Waals surface area contributed by atoms with Gasteiger partial charge in [-0.3, -0.25) is 0 Å². The number of nitrogens with zero attached hydrogens (tertiary/aromatic N) is 3. The molecule has 1 aromatic carbocycles. The van der Waals surface area contributed by atoms with E-state index in [4.69, 9.17) is 28.3 Å². The van der Waals surface area contributed by atoms with E-state index in [2.05, 4.69) is 17.3 Å². The normalized spacial score (nSPS) is 21.5. The van der Waals surface area contributed by atoms with E-state index in [0.717, 1.165) is 31.0 Å². The van der Waals surface area contributed by atoms with E-state index in [9.17, 15) is 0 Å². The number of anilines is 1. The monoisotopic (exact) mass is 378 g/mol. The molecule has 2 aliphatic rings. The molecule has 0 saturated carbocycles. The number of likely N-dealkylation sites (tertiary alicyclic amines) is 1. The molecule has 2 aromatic rings. The van der Waals surface area contributed by atoms with Crippen LogP contribution in [0.3, 0.4) is 0 Å². The van der Waals surface area contributed by atoms with Crippen molar-refractivity contribution in [1.29, 1.82) is 0 Å². The Morgan fingerprint density at radius 3 is 2.68 bits per heavy atom. The first-order chi connectivity index (χ1) is 12.1. The molecule has 0 aliphatic carbocycles. The third-order valence-corrected chi connectivity index (χ3v) is 5.70. The Kier molecular flexibility index (Phi) is 4.94. The molecular formula is C19H24Cl2N4. The van der Waals surface area contributed by atoms with Crippen LogP contribution in [0.4, 0.5) is 5.82 Å². The van der Waals surface area contributed by atoms with Gasteiger partial charge in [-0.05, 0) is 63.9 Å².